The lowest BCUT2D eigenvalue weighted by molar-refractivity contribution is -0.116. The highest BCUT2D eigenvalue weighted by Gasteiger charge is 2.11. The maximum Gasteiger partial charge on any atom is 0.224 e. The molecule has 0 saturated heterocycles. The van der Waals surface area contributed by atoms with Gasteiger partial charge in [-0.2, -0.15) is 0 Å². The fraction of sp³-hybridized carbons (Fsp3) is 0.611. The Morgan fingerprint density at radius 2 is 1.90 bits per heavy atom. The van der Waals surface area contributed by atoms with Crippen molar-refractivity contribution in [1.82, 2.24) is 0 Å². The van der Waals surface area contributed by atoms with Gasteiger partial charge < -0.3 is 10.1 Å². The first kappa shape index (κ1) is 17.5. The van der Waals surface area contributed by atoms with Gasteiger partial charge in [0, 0.05) is 6.42 Å². The smallest absolute Gasteiger partial charge is 0.224 e. The van der Waals surface area contributed by atoms with Crippen molar-refractivity contribution in [2.24, 2.45) is 0 Å². The zero-order valence-electron chi connectivity index (χ0n) is 13.7. The number of para-hydroxylation sites is 1. The summed E-state index contributed by atoms with van der Waals surface area (Å²) in [6.45, 7) is 7.06. The first-order valence-electron chi connectivity index (χ1n) is 8.27. The summed E-state index contributed by atoms with van der Waals surface area (Å²) in [7, 11) is 0. The lowest BCUT2D eigenvalue weighted by Gasteiger charge is -2.16. The Bertz CT molecular complexity index is 429. The van der Waals surface area contributed by atoms with Crippen LogP contribution in [0.4, 0.5) is 5.69 Å². The molecule has 1 aromatic rings. The number of amides is 1. The van der Waals surface area contributed by atoms with E-state index in [0.717, 1.165) is 37.1 Å². The Hall–Kier alpha value is -1.51. The number of anilines is 1. The Morgan fingerprint density at radius 1 is 1.10 bits per heavy atom. The largest absolute Gasteiger partial charge is 0.491 e. The van der Waals surface area contributed by atoms with Gasteiger partial charge in [0.05, 0.1) is 12.3 Å². The van der Waals surface area contributed by atoms with Crippen LogP contribution in [0, 0.1) is 0 Å². The summed E-state index contributed by atoms with van der Waals surface area (Å²) in [5.74, 6) is 0.921. The van der Waals surface area contributed by atoms with Crippen molar-refractivity contribution >= 4 is 11.6 Å². The summed E-state index contributed by atoms with van der Waals surface area (Å²) < 4.78 is 5.99. The molecular weight excluding hydrogens is 262 g/mol. The molecule has 0 spiro atoms. The van der Waals surface area contributed by atoms with Gasteiger partial charge in [-0.25, -0.2) is 0 Å². The van der Waals surface area contributed by atoms with Crippen LogP contribution in [0.25, 0.3) is 0 Å². The summed E-state index contributed by atoms with van der Waals surface area (Å²) in [6.07, 6.45) is 6.85. The molecule has 0 aliphatic rings. The first-order valence-corrected chi connectivity index (χ1v) is 8.27. The van der Waals surface area contributed by atoms with Crippen molar-refractivity contribution in [3.05, 3.63) is 23.8 Å². The van der Waals surface area contributed by atoms with Gasteiger partial charge in [0.15, 0.2) is 0 Å². The molecule has 3 heteroatoms. The van der Waals surface area contributed by atoms with Crippen LogP contribution < -0.4 is 10.1 Å². The molecule has 0 heterocycles. The predicted molar refractivity (Wildman–Crippen MR) is 89.0 cm³/mol. The van der Waals surface area contributed by atoms with Gasteiger partial charge >= 0.3 is 0 Å². The van der Waals surface area contributed by atoms with E-state index in [0.29, 0.717) is 13.0 Å². The lowest BCUT2D eigenvalue weighted by atomic mass is 10.1. The van der Waals surface area contributed by atoms with E-state index in [9.17, 15) is 4.79 Å². The van der Waals surface area contributed by atoms with Crippen molar-refractivity contribution in [2.75, 3.05) is 11.9 Å². The SMILES string of the molecule is CCCCCOc1c(CCC)cccc1NC(=O)CCC. The molecule has 0 saturated carbocycles. The molecule has 1 rings (SSSR count). The number of hydrogen-bond acceptors (Lipinski definition) is 2. The topological polar surface area (TPSA) is 38.3 Å². The molecule has 3 nitrogen and oxygen atoms in total. The standard InChI is InChI=1S/C18H29NO2/c1-4-7-8-14-21-18-15(10-5-2)12-9-13-16(18)19-17(20)11-6-3/h9,12-13H,4-8,10-11,14H2,1-3H3,(H,19,20). The Kier molecular flexibility index (Phi) is 8.56. The van der Waals surface area contributed by atoms with Crippen molar-refractivity contribution in [1.29, 1.82) is 0 Å². The third-order valence-corrected chi connectivity index (χ3v) is 3.36. The molecule has 0 radical (unpaired) electrons. The highest BCUT2D eigenvalue weighted by Crippen LogP contribution is 2.30. The second kappa shape index (κ2) is 10.3. The Morgan fingerprint density at radius 3 is 2.57 bits per heavy atom. The minimum Gasteiger partial charge on any atom is -0.491 e. The molecule has 21 heavy (non-hydrogen) atoms. The molecule has 0 aromatic heterocycles. The van der Waals surface area contributed by atoms with Gasteiger partial charge in [-0.15, -0.1) is 0 Å². The van der Waals surface area contributed by atoms with Crippen LogP contribution in [0.3, 0.4) is 0 Å². The summed E-state index contributed by atoms with van der Waals surface area (Å²) in [6, 6.07) is 6.02. The minimum atomic E-state index is 0.0598. The average molecular weight is 291 g/mol. The normalized spacial score (nSPS) is 10.4. The maximum atomic E-state index is 11.8. The van der Waals surface area contributed by atoms with Crippen LogP contribution in [0.15, 0.2) is 18.2 Å². The van der Waals surface area contributed by atoms with Crippen molar-refractivity contribution < 1.29 is 9.53 Å². The lowest BCUT2D eigenvalue weighted by Crippen LogP contribution is -2.13. The number of nitrogens with one attached hydrogen (secondary N) is 1. The number of benzene rings is 1. The van der Waals surface area contributed by atoms with E-state index in [-0.39, 0.29) is 5.91 Å². The summed E-state index contributed by atoms with van der Waals surface area (Å²) in [5.41, 5.74) is 2.00. The molecule has 118 valence electrons. The molecule has 0 aliphatic carbocycles. The third kappa shape index (κ3) is 6.19. The van der Waals surface area contributed by atoms with Crippen LogP contribution >= 0.6 is 0 Å². The van der Waals surface area contributed by atoms with E-state index in [2.05, 4.69) is 25.2 Å². The van der Waals surface area contributed by atoms with Crippen molar-refractivity contribution in [3.8, 4) is 5.75 Å². The average Bonchev–Trinajstić information content (AvgIpc) is 2.46. The number of hydrogen-bond donors (Lipinski definition) is 1. The summed E-state index contributed by atoms with van der Waals surface area (Å²) in [5, 5.41) is 2.99. The number of carbonyl (C=O) groups excluding carboxylic acids is 1. The van der Waals surface area contributed by atoms with Gasteiger partial charge in [-0.05, 0) is 30.9 Å². The van der Waals surface area contributed by atoms with Gasteiger partial charge in [-0.1, -0.05) is 52.2 Å². The van der Waals surface area contributed by atoms with E-state index < -0.39 is 0 Å². The molecule has 0 fully saturated rings. The molecule has 1 N–H and O–H groups in total. The van der Waals surface area contributed by atoms with Gasteiger partial charge in [0.2, 0.25) is 5.91 Å². The van der Waals surface area contributed by atoms with Crippen molar-refractivity contribution in [2.45, 2.75) is 65.7 Å². The van der Waals surface area contributed by atoms with E-state index in [1.54, 1.807) is 0 Å². The quantitative estimate of drug-likeness (QED) is 0.620. The molecule has 1 amide bonds. The summed E-state index contributed by atoms with van der Waals surface area (Å²) >= 11 is 0. The highest BCUT2D eigenvalue weighted by molar-refractivity contribution is 5.92. The van der Waals surface area contributed by atoms with Gasteiger partial charge in [0.25, 0.3) is 0 Å². The summed E-state index contributed by atoms with van der Waals surface area (Å²) in [4.78, 5) is 11.8. The second-order valence-electron chi connectivity index (χ2n) is 5.40. The van der Waals surface area contributed by atoms with Crippen LogP contribution in [0.5, 0.6) is 5.75 Å². The van der Waals surface area contributed by atoms with E-state index >= 15 is 0 Å². The monoisotopic (exact) mass is 291 g/mol. The van der Waals surface area contributed by atoms with Crippen LogP contribution in [0.1, 0.15) is 64.9 Å². The molecular formula is C18H29NO2. The van der Waals surface area contributed by atoms with Gasteiger partial charge in [-0.3, -0.25) is 4.79 Å². The van der Waals surface area contributed by atoms with E-state index in [1.165, 1.54) is 18.4 Å². The molecule has 1 aromatic carbocycles. The number of aryl methyl sites for hydroxylation is 1. The van der Waals surface area contributed by atoms with E-state index in [1.807, 2.05) is 19.1 Å². The second-order valence-corrected chi connectivity index (χ2v) is 5.40. The Balaban J connectivity index is 2.83. The minimum absolute atomic E-state index is 0.0598. The number of rotatable bonds is 10. The Labute approximate surface area is 129 Å². The van der Waals surface area contributed by atoms with Crippen molar-refractivity contribution in [3.63, 3.8) is 0 Å². The van der Waals surface area contributed by atoms with Crippen LogP contribution in [-0.2, 0) is 11.2 Å². The molecule has 0 bridgehead atoms. The first-order chi connectivity index (χ1) is 10.2. The molecule has 0 unspecified atom stereocenters. The number of ether oxygens (including phenoxy) is 1. The highest BCUT2D eigenvalue weighted by atomic mass is 16.5. The van der Waals surface area contributed by atoms with Crippen LogP contribution in [0.2, 0.25) is 0 Å². The van der Waals surface area contributed by atoms with Gasteiger partial charge in [0.1, 0.15) is 5.75 Å². The zero-order valence-corrected chi connectivity index (χ0v) is 13.7. The molecule has 0 atom stereocenters. The zero-order chi connectivity index (χ0) is 15.5. The number of unbranched alkanes of at least 4 members (excludes halogenated alkanes) is 2. The predicted octanol–water partition coefficient (Wildman–Crippen LogP) is 4.95. The van der Waals surface area contributed by atoms with Crippen LogP contribution in [-0.4, -0.2) is 12.5 Å². The van der Waals surface area contributed by atoms with E-state index in [4.69, 9.17) is 4.74 Å². The fourth-order valence-electron chi connectivity index (χ4n) is 2.29. The third-order valence-electron chi connectivity index (χ3n) is 3.36. The maximum absolute atomic E-state index is 11.8. The fourth-order valence-corrected chi connectivity index (χ4v) is 2.29. The molecule has 0 aliphatic heterocycles. The number of carbonyl (C=O) groups is 1.